The average molecular weight is 475 g/mol. The summed E-state index contributed by atoms with van der Waals surface area (Å²) in [6.45, 7) is 0. The molecule has 1 amide bonds. The highest BCUT2D eigenvalue weighted by Crippen LogP contribution is 2.29. The van der Waals surface area contributed by atoms with E-state index in [2.05, 4.69) is 33.4 Å². The lowest BCUT2D eigenvalue weighted by atomic mass is 9.97. The van der Waals surface area contributed by atoms with Gasteiger partial charge in [0, 0.05) is 27.8 Å². The van der Waals surface area contributed by atoms with Gasteiger partial charge in [0.2, 0.25) is 11.4 Å². The number of rotatable bonds is 11. The van der Waals surface area contributed by atoms with Crippen molar-refractivity contribution in [2.45, 2.75) is 30.8 Å². The third-order valence-corrected chi connectivity index (χ3v) is 6.67. The summed E-state index contributed by atoms with van der Waals surface area (Å²) in [5.74, 6) is -2.97. The van der Waals surface area contributed by atoms with Gasteiger partial charge in [-0.05, 0) is 35.8 Å². The minimum atomic E-state index is -1.60. The highest BCUT2D eigenvalue weighted by atomic mass is 32.1. The van der Waals surface area contributed by atoms with E-state index in [1.807, 2.05) is 30.3 Å². The number of nitrogens with zero attached hydrogens (tertiary/aromatic N) is 3. The first kappa shape index (κ1) is 23.6. The van der Waals surface area contributed by atoms with Crippen LogP contribution in [0.2, 0.25) is 0 Å². The van der Waals surface area contributed by atoms with E-state index in [0.717, 1.165) is 23.1 Å². The fraction of sp³-hybridized carbons (Fsp3) is 0.333. The number of nitrogens with one attached hydrogen (secondary N) is 1. The molecule has 9 nitrogen and oxygen atoms in total. The molecule has 0 bridgehead atoms. The van der Waals surface area contributed by atoms with E-state index in [1.54, 1.807) is 12.1 Å². The summed E-state index contributed by atoms with van der Waals surface area (Å²) in [7, 11) is 0. The molecule has 0 saturated heterocycles. The molecule has 2 aromatic rings. The van der Waals surface area contributed by atoms with Crippen LogP contribution in [0.4, 0.5) is 0 Å². The predicted molar refractivity (Wildman–Crippen MR) is 122 cm³/mol. The van der Waals surface area contributed by atoms with Gasteiger partial charge in [-0.25, -0.2) is 9.59 Å². The molecule has 32 heavy (non-hydrogen) atoms. The van der Waals surface area contributed by atoms with Crippen molar-refractivity contribution >= 4 is 48.0 Å². The standard InChI is InChI=1S/C21H22N4O5S2/c26-18(14(11-31)7-6-13-4-2-1-3-5-13)23-17(19(27)28)16-9-8-15(32-16)10-21(20(29)30)12-22-25-24-21/h1-5,8-9,12,14,17,31H,6-7,10-11H2,(H,23,26)(H,27,28)(H,29,30). The number of benzene rings is 1. The van der Waals surface area contributed by atoms with Crippen molar-refractivity contribution in [2.24, 2.45) is 21.4 Å². The second-order valence-electron chi connectivity index (χ2n) is 7.33. The van der Waals surface area contributed by atoms with Gasteiger partial charge in [-0.1, -0.05) is 30.3 Å². The maximum absolute atomic E-state index is 12.8. The minimum absolute atomic E-state index is 0.0172. The van der Waals surface area contributed by atoms with Gasteiger partial charge in [-0.15, -0.1) is 21.6 Å². The molecule has 168 valence electrons. The van der Waals surface area contributed by atoms with Crippen LogP contribution in [-0.2, 0) is 27.2 Å². The van der Waals surface area contributed by atoms with Crippen molar-refractivity contribution in [3.8, 4) is 0 Å². The fourth-order valence-corrected chi connectivity index (χ4v) is 4.72. The van der Waals surface area contributed by atoms with Gasteiger partial charge in [0.1, 0.15) is 0 Å². The van der Waals surface area contributed by atoms with Crippen molar-refractivity contribution in [3.05, 3.63) is 57.8 Å². The van der Waals surface area contributed by atoms with E-state index < -0.39 is 35.3 Å². The average Bonchev–Trinajstić information content (AvgIpc) is 3.44. The Kier molecular flexibility index (Phi) is 7.75. The van der Waals surface area contributed by atoms with Crippen LogP contribution in [0.3, 0.4) is 0 Å². The number of thiophene rings is 1. The Morgan fingerprint density at radius 2 is 1.88 bits per heavy atom. The highest BCUT2D eigenvalue weighted by Gasteiger charge is 2.41. The Labute approximate surface area is 193 Å². The number of thiol groups is 1. The lowest BCUT2D eigenvalue weighted by Crippen LogP contribution is -2.39. The van der Waals surface area contributed by atoms with Crippen LogP contribution in [0.1, 0.15) is 27.8 Å². The number of carbonyl (C=O) groups excluding carboxylic acids is 1. The van der Waals surface area contributed by atoms with Crippen molar-refractivity contribution in [1.29, 1.82) is 0 Å². The smallest absolute Gasteiger partial charge is 0.339 e. The van der Waals surface area contributed by atoms with Crippen LogP contribution in [0.5, 0.6) is 0 Å². The van der Waals surface area contributed by atoms with Crippen LogP contribution in [0, 0.1) is 5.92 Å². The summed E-state index contributed by atoms with van der Waals surface area (Å²) in [4.78, 5) is 37.2. The lowest BCUT2D eigenvalue weighted by molar-refractivity contribution is -0.142. The van der Waals surface area contributed by atoms with E-state index in [1.165, 1.54) is 0 Å². The quantitative estimate of drug-likeness (QED) is 0.371. The number of aryl methyl sites for hydroxylation is 1. The molecule has 3 unspecified atom stereocenters. The minimum Gasteiger partial charge on any atom is -0.479 e. The van der Waals surface area contributed by atoms with Gasteiger partial charge >= 0.3 is 11.9 Å². The first-order chi connectivity index (χ1) is 15.3. The molecule has 1 aliphatic heterocycles. The van der Waals surface area contributed by atoms with Crippen LogP contribution in [-0.4, -0.2) is 45.6 Å². The number of aliphatic carboxylic acids is 2. The van der Waals surface area contributed by atoms with Crippen molar-refractivity contribution in [3.63, 3.8) is 0 Å². The topological polar surface area (TPSA) is 141 Å². The molecule has 3 N–H and O–H groups in total. The molecule has 1 aromatic carbocycles. The normalized spacial score (nSPS) is 18.9. The number of hydrogen-bond acceptors (Lipinski definition) is 8. The second-order valence-corrected chi connectivity index (χ2v) is 8.89. The van der Waals surface area contributed by atoms with Gasteiger partial charge < -0.3 is 15.5 Å². The number of amides is 1. The summed E-state index contributed by atoms with van der Waals surface area (Å²) >= 11 is 5.37. The summed E-state index contributed by atoms with van der Waals surface area (Å²) in [6, 6.07) is 11.6. The molecule has 1 aliphatic rings. The van der Waals surface area contributed by atoms with Crippen LogP contribution in [0.25, 0.3) is 0 Å². The van der Waals surface area contributed by atoms with E-state index in [9.17, 15) is 24.6 Å². The molecule has 0 saturated carbocycles. The van der Waals surface area contributed by atoms with Gasteiger partial charge in [-0.3, -0.25) is 4.79 Å². The molecular weight excluding hydrogens is 452 g/mol. The Morgan fingerprint density at radius 3 is 2.47 bits per heavy atom. The second kappa shape index (κ2) is 10.5. The Hall–Kier alpha value is -3.05. The van der Waals surface area contributed by atoms with Crippen molar-refractivity contribution < 1.29 is 24.6 Å². The van der Waals surface area contributed by atoms with E-state index in [-0.39, 0.29) is 12.2 Å². The first-order valence-electron chi connectivity index (χ1n) is 9.81. The molecule has 0 fully saturated rings. The molecule has 0 aliphatic carbocycles. The zero-order chi connectivity index (χ0) is 23.1. The van der Waals surface area contributed by atoms with Gasteiger partial charge in [-0.2, -0.15) is 12.6 Å². The molecule has 3 rings (SSSR count). The number of hydrogen-bond donors (Lipinski definition) is 4. The van der Waals surface area contributed by atoms with E-state index in [0.29, 0.717) is 22.6 Å². The zero-order valence-electron chi connectivity index (χ0n) is 16.9. The maximum atomic E-state index is 12.8. The third kappa shape index (κ3) is 5.60. The first-order valence-corrected chi connectivity index (χ1v) is 11.3. The van der Waals surface area contributed by atoms with Gasteiger partial charge in [0.05, 0.1) is 6.21 Å². The van der Waals surface area contributed by atoms with Crippen molar-refractivity contribution in [1.82, 2.24) is 5.32 Å². The highest BCUT2D eigenvalue weighted by molar-refractivity contribution is 7.80. The fourth-order valence-electron chi connectivity index (χ4n) is 3.22. The molecule has 3 atom stereocenters. The molecule has 0 spiro atoms. The molecular formula is C21H22N4O5S2. The molecule has 1 aromatic heterocycles. The zero-order valence-corrected chi connectivity index (χ0v) is 18.6. The third-order valence-electron chi connectivity index (χ3n) is 5.08. The summed E-state index contributed by atoms with van der Waals surface area (Å²) < 4.78 is 0. The molecule has 11 heteroatoms. The summed E-state index contributed by atoms with van der Waals surface area (Å²) in [6.07, 6.45) is 2.34. The van der Waals surface area contributed by atoms with Gasteiger partial charge in [0.25, 0.3) is 0 Å². The van der Waals surface area contributed by atoms with Crippen LogP contribution >= 0.6 is 24.0 Å². The molecule has 2 heterocycles. The molecule has 0 radical (unpaired) electrons. The number of carboxylic acid groups (broad SMARTS) is 2. The van der Waals surface area contributed by atoms with Crippen molar-refractivity contribution in [2.75, 3.05) is 5.75 Å². The predicted octanol–water partition coefficient (Wildman–Crippen LogP) is 2.99. The Bertz CT molecular complexity index is 1030. The van der Waals surface area contributed by atoms with Gasteiger partial charge in [0.15, 0.2) is 6.04 Å². The van der Waals surface area contributed by atoms with E-state index >= 15 is 0 Å². The Balaban J connectivity index is 1.68. The van der Waals surface area contributed by atoms with E-state index in [4.69, 9.17) is 0 Å². The summed E-state index contributed by atoms with van der Waals surface area (Å²) in [5, 5.41) is 32.4. The monoisotopic (exact) mass is 474 g/mol. The maximum Gasteiger partial charge on any atom is 0.339 e. The Morgan fingerprint density at radius 1 is 1.12 bits per heavy atom. The SMILES string of the molecule is O=C(NC(C(=O)O)c1ccc(CC2(C(=O)O)C=NN=N2)s1)C(CS)CCc1ccccc1. The number of carboxylic acids is 2. The summed E-state index contributed by atoms with van der Waals surface area (Å²) in [5.41, 5.74) is -0.511. The van der Waals surface area contributed by atoms with Crippen LogP contribution < -0.4 is 5.32 Å². The largest absolute Gasteiger partial charge is 0.479 e. The number of carbonyl (C=O) groups is 3. The lowest BCUT2D eigenvalue weighted by Gasteiger charge is -2.19. The van der Waals surface area contributed by atoms with Crippen LogP contribution in [0.15, 0.2) is 57.9 Å².